The van der Waals surface area contributed by atoms with Gasteiger partial charge in [-0.3, -0.25) is 0 Å². The van der Waals surface area contributed by atoms with Crippen molar-refractivity contribution in [3.8, 4) is 5.75 Å². The third-order valence-corrected chi connectivity index (χ3v) is 4.32. The zero-order chi connectivity index (χ0) is 15.3. The number of nitrogens with zero attached hydrogens (tertiary/aromatic N) is 1. The average molecular weight is 413 g/mol. The normalized spacial score (nSPS) is 20.5. The molecule has 2 nitrogen and oxygen atoms in total. The van der Waals surface area contributed by atoms with Crippen molar-refractivity contribution in [1.82, 2.24) is 4.90 Å². The van der Waals surface area contributed by atoms with Crippen LogP contribution in [0.1, 0.15) is 19.3 Å². The van der Waals surface area contributed by atoms with Crippen molar-refractivity contribution >= 4 is 22.6 Å². The highest BCUT2D eigenvalue weighted by atomic mass is 127. The van der Waals surface area contributed by atoms with Crippen LogP contribution in [0.4, 0.5) is 13.2 Å². The van der Waals surface area contributed by atoms with Crippen LogP contribution in [0.3, 0.4) is 0 Å². The molecular weight excluding hydrogens is 394 g/mol. The van der Waals surface area contributed by atoms with Crippen molar-refractivity contribution in [2.45, 2.75) is 25.4 Å². The molecule has 1 heterocycles. The summed E-state index contributed by atoms with van der Waals surface area (Å²) in [4.78, 5) is 1.90. The zero-order valence-electron chi connectivity index (χ0n) is 11.7. The molecule has 21 heavy (non-hydrogen) atoms. The van der Waals surface area contributed by atoms with Gasteiger partial charge in [-0.1, -0.05) is 6.07 Å². The molecule has 0 N–H and O–H groups in total. The van der Waals surface area contributed by atoms with E-state index in [-0.39, 0.29) is 13.0 Å². The first kappa shape index (κ1) is 16.9. The van der Waals surface area contributed by atoms with Crippen LogP contribution >= 0.6 is 22.6 Å². The molecule has 0 bridgehead atoms. The molecule has 0 radical (unpaired) electrons. The van der Waals surface area contributed by atoms with E-state index in [0.29, 0.717) is 19.6 Å². The molecule has 2 rings (SSSR count). The number of hydrogen-bond donors (Lipinski definition) is 0. The minimum Gasteiger partial charge on any atom is -0.494 e. The van der Waals surface area contributed by atoms with Crippen LogP contribution in [-0.4, -0.2) is 37.3 Å². The van der Waals surface area contributed by atoms with Crippen molar-refractivity contribution < 1.29 is 17.9 Å². The molecule has 1 aliphatic heterocycles. The van der Waals surface area contributed by atoms with Gasteiger partial charge < -0.3 is 9.64 Å². The fraction of sp³-hybridized carbons (Fsp3) is 0.600. The molecule has 1 aromatic rings. The summed E-state index contributed by atoms with van der Waals surface area (Å²) in [7, 11) is 0. The third-order valence-electron chi connectivity index (χ3n) is 3.65. The molecule has 0 amide bonds. The van der Waals surface area contributed by atoms with Crippen LogP contribution in [0.25, 0.3) is 0 Å². The number of piperidine rings is 1. The Labute approximate surface area is 136 Å². The van der Waals surface area contributed by atoms with Crippen LogP contribution in [-0.2, 0) is 0 Å². The van der Waals surface area contributed by atoms with Gasteiger partial charge in [0, 0.05) is 16.7 Å². The zero-order valence-corrected chi connectivity index (χ0v) is 13.9. The first-order valence-electron chi connectivity index (χ1n) is 7.12. The molecule has 1 fully saturated rings. The number of ether oxygens (including phenoxy) is 1. The van der Waals surface area contributed by atoms with Gasteiger partial charge in [-0.25, -0.2) is 0 Å². The van der Waals surface area contributed by atoms with Crippen molar-refractivity contribution in [2.75, 3.05) is 26.2 Å². The van der Waals surface area contributed by atoms with Gasteiger partial charge in [-0.2, -0.15) is 13.2 Å². The van der Waals surface area contributed by atoms with Crippen molar-refractivity contribution in [1.29, 1.82) is 0 Å². The van der Waals surface area contributed by atoms with Crippen LogP contribution in [0, 0.1) is 9.49 Å². The Balaban J connectivity index is 1.69. The second kappa shape index (κ2) is 7.67. The molecule has 6 heteroatoms. The Morgan fingerprint density at radius 1 is 1.33 bits per heavy atom. The Bertz CT molecular complexity index is 453. The summed E-state index contributed by atoms with van der Waals surface area (Å²) in [6.07, 6.45) is -2.42. The van der Waals surface area contributed by atoms with Crippen molar-refractivity contribution in [3.05, 3.63) is 27.8 Å². The highest BCUT2D eigenvalue weighted by Gasteiger charge is 2.41. The van der Waals surface area contributed by atoms with Gasteiger partial charge in [0.1, 0.15) is 5.75 Å². The number of benzene rings is 1. The Morgan fingerprint density at radius 2 is 2.14 bits per heavy atom. The quantitative estimate of drug-likeness (QED) is 0.526. The van der Waals surface area contributed by atoms with E-state index in [1.54, 1.807) is 0 Å². The average Bonchev–Trinajstić information content (AvgIpc) is 2.43. The predicted octanol–water partition coefficient (Wildman–Crippen LogP) is 4.33. The van der Waals surface area contributed by atoms with Gasteiger partial charge in [-0.05, 0) is 66.6 Å². The van der Waals surface area contributed by atoms with E-state index in [4.69, 9.17) is 4.74 Å². The maximum absolute atomic E-state index is 12.7. The summed E-state index contributed by atoms with van der Waals surface area (Å²) in [5.41, 5.74) is 0. The number of alkyl halides is 3. The largest absolute Gasteiger partial charge is 0.494 e. The predicted molar refractivity (Wildman–Crippen MR) is 84.5 cm³/mol. The molecule has 1 unspecified atom stereocenters. The van der Waals surface area contributed by atoms with Gasteiger partial charge in [-0.15, -0.1) is 0 Å². The van der Waals surface area contributed by atoms with Crippen LogP contribution in [0.5, 0.6) is 5.75 Å². The number of rotatable bonds is 5. The molecule has 1 aromatic carbocycles. The maximum Gasteiger partial charge on any atom is 0.393 e. The van der Waals surface area contributed by atoms with Gasteiger partial charge >= 0.3 is 6.18 Å². The van der Waals surface area contributed by atoms with E-state index in [9.17, 15) is 13.2 Å². The van der Waals surface area contributed by atoms with Crippen molar-refractivity contribution in [2.24, 2.45) is 5.92 Å². The summed E-state index contributed by atoms with van der Waals surface area (Å²) in [6.45, 7) is 2.09. The second-order valence-corrected chi connectivity index (χ2v) is 6.59. The van der Waals surface area contributed by atoms with Crippen molar-refractivity contribution in [3.63, 3.8) is 0 Å². The highest BCUT2D eigenvalue weighted by molar-refractivity contribution is 14.1. The summed E-state index contributed by atoms with van der Waals surface area (Å²) in [6, 6.07) is 7.75. The van der Waals surface area contributed by atoms with Crippen LogP contribution < -0.4 is 4.74 Å². The van der Waals surface area contributed by atoms with E-state index in [0.717, 1.165) is 22.3 Å². The number of likely N-dealkylation sites (tertiary alicyclic amines) is 1. The lowest BCUT2D eigenvalue weighted by molar-refractivity contribution is -0.186. The maximum atomic E-state index is 12.7. The lowest BCUT2D eigenvalue weighted by Gasteiger charge is -2.33. The smallest absolute Gasteiger partial charge is 0.393 e. The summed E-state index contributed by atoms with van der Waals surface area (Å²) < 4.78 is 44.9. The lowest BCUT2D eigenvalue weighted by atomic mass is 9.97. The Hall–Kier alpha value is -0.500. The van der Waals surface area contributed by atoms with Crippen LogP contribution in [0.2, 0.25) is 0 Å². The highest BCUT2D eigenvalue weighted by Crippen LogP contribution is 2.33. The van der Waals surface area contributed by atoms with Gasteiger partial charge in [0.25, 0.3) is 0 Å². The first-order chi connectivity index (χ1) is 9.95. The van der Waals surface area contributed by atoms with Crippen LogP contribution in [0.15, 0.2) is 24.3 Å². The first-order valence-corrected chi connectivity index (χ1v) is 8.20. The lowest BCUT2D eigenvalue weighted by Crippen LogP contribution is -2.42. The minimum absolute atomic E-state index is 0.132. The third kappa shape index (κ3) is 5.65. The van der Waals surface area contributed by atoms with Gasteiger partial charge in [0.15, 0.2) is 0 Å². The van der Waals surface area contributed by atoms with E-state index in [1.165, 1.54) is 0 Å². The Kier molecular flexibility index (Phi) is 6.16. The minimum atomic E-state index is -4.06. The topological polar surface area (TPSA) is 12.5 Å². The summed E-state index contributed by atoms with van der Waals surface area (Å²) >= 11 is 2.22. The Morgan fingerprint density at radius 3 is 2.86 bits per heavy atom. The molecule has 0 aliphatic carbocycles. The molecular formula is C15H19F3INO. The summed E-state index contributed by atoms with van der Waals surface area (Å²) in [5.74, 6) is -0.350. The number of hydrogen-bond acceptors (Lipinski definition) is 2. The van der Waals surface area contributed by atoms with E-state index < -0.39 is 12.1 Å². The monoisotopic (exact) mass is 413 g/mol. The van der Waals surface area contributed by atoms with Gasteiger partial charge in [0.05, 0.1) is 12.5 Å². The fourth-order valence-electron chi connectivity index (χ4n) is 2.56. The standard InChI is InChI=1S/C15H19F3INO/c16-15(17,18)12-4-2-7-20(11-12)8-3-9-21-14-6-1-5-13(19)10-14/h1,5-6,10,12H,2-4,7-9,11H2. The molecule has 1 aliphatic rings. The second-order valence-electron chi connectivity index (χ2n) is 5.34. The fourth-order valence-corrected chi connectivity index (χ4v) is 3.08. The summed E-state index contributed by atoms with van der Waals surface area (Å²) in [5, 5.41) is 0. The molecule has 118 valence electrons. The SMILES string of the molecule is FC(F)(F)C1CCCN(CCCOc2cccc(I)c2)C1. The van der Waals surface area contributed by atoms with Gasteiger partial charge in [0.2, 0.25) is 0 Å². The molecule has 0 aromatic heterocycles. The molecule has 0 saturated carbocycles. The molecule has 1 saturated heterocycles. The van der Waals surface area contributed by atoms with E-state index in [1.807, 2.05) is 29.2 Å². The van der Waals surface area contributed by atoms with E-state index in [2.05, 4.69) is 22.6 Å². The molecule has 0 spiro atoms. The number of halogens is 4. The molecule has 1 atom stereocenters. The van der Waals surface area contributed by atoms with E-state index >= 15 is 0 Å².